The summed E-state index contributed by atoms with van der Waals surface area (Å²) in [4.78, 5) is 11.6. The van der Waals surface area contributed by atoms with E-state index in [2.05, 4.69) is 20.7 Å². The molecule has 0 spiro atoms. The molecule has 1 aliphatic rings. The lowest BCUT2D eigenvalue weighted by Gasteiger charge is -2.27. The topological polar surface area (TPSA) is 81.7 Å². The summed E-state index contributed by atoms with van der Waals surface area (Å²) in [5, 5.41) is 0. The zero-order chi connectivity index (χ0) is 17.0. The van der Waals surface area contributed by atoms with Gasteiger partial charge >= 0.3 is 5.97 Å². The molecule has 1 aliphatic carbocycles. The van der Waals surface area contributed by atoms with E-state index in [0.29, 0.717) is 35.9 Å². The first kappa shape index (κ1) is 18.2. The van der Waals surface area contributed by atoms with Crippen LogP contribution < -0.4 is 9.46 Å². The van der Waals surface area contributed by atoms with Crippen LogP contribution in [0.2, 0.25) is 0 Å². The van der Waals surface area contributed by atoms with Crippen LogP contribution in [0.1, 0.15) is 25.7 Å². The monoisotopic (exact) mass is 405 g/mol. The number of carbonyl (C=O) groups excluding carboxylic acids is 1. The zero-order valence-electron chi connectivity index (χ0n) is 13.0. The summed E-state index contributed by atoms with van der Waals surface area (Å²) in [7, 11) is -0.884. The average molecular weight is 406 g/mol. The van der Waals surface area contributed by atoms with E-state index in [1.807, 2.05) is 0 Å². The van der Waals surface area contributed by atoms with E-state index in [-0.39, 0.29) is 22.8 Å². The predicted octanol–water partition coefficient (Wildman–Crippen LogP) is 2.47. The molecule has 0 aromatic heterocycles. The second-order valence-electron chi connectivity index (χ2n) is 5.49. The molecule has 0 heterocycles. The fourth-order valence-corrected chi connectivity index (χ4v) is 4.77. The van der Waals surface area contributed by atoms with Gasteiger partial charge in [0.15, 0.2) is 0 Å². The number of halogens is 1. The van der Waals surface area contributed by atoms with Crippen molar-refractivity contribution in [1.82, 2.24) is 4.72 Å². The van der Waals surface area contributed by atoms with Crippen LogP contribution in [0.25, 0.3) is 0 Å². The molecule has 0 atom stereocenters. The average Bonchev–Trinajstić information content (AvgIpc) is 2.54. The minimum Gasteiger partial charge on any atom is -0.495 e. The number of carbonyl (C=O) groups is 1. The normalized spacial score (nSPS) is 21.7. The molecule has 1 fully saturated rings. The van der Waals surface area contributed by atoms with Crippen molar-refractivity contribution in [3.63, 3.8) is 0 Å². The van der Waals surface area contributed by atoms with Crippen molar-refractivity contribution in [2.24, 2.45) is 5.92 Å². The van der Waals surface area contributed by atoms with Gasteiger partial charge in [-0.3, -0.25) is 4.79 Å². The molecule has 1 aromatic carbocycles. The number of nitrogens with one attached hydrogen (secondary N) is 1. The lowest BCUT2D eigenvalue weighted by atomic mass is 9.86. The van der Waals surface area contributed by atoms with Crippen LogP contribution >= 0.6 is 15.9 Å². The third-order valence-electron chi connectivity index (χ3n) is 4.00. The van der Waals surface area contributed by atoms with E-state index in [1.54, 1.807) is 12.1 Å². The Bertz CT molecular complexity index is 668. The highest BCUT2D eigenvalue weighted by Crippen LogP contribution is 2.30. The summed E-state index contributed by atoms with van der Waals surface area (Å²) in [5.74, 6) is -0.0647. The van der Waals surface area contributed by atoms with Gasteiger partial charge in [0, 0.05) is 10.5 Å². The summed E-state index contributed by atoms with van der Waals surface area (Å²) in [6.45, 7) is 0. The first-order valence-corrected chi connectivity index (χ1v) is 9.58. The molecule has 0 bridgehead atoms. The molecule has 128 valence electrons. The van der Waals surface area contributed by atoms with Gasteiger partial charge in [-0.05, 0) is 43.9 Å². The lowest BCUT2D eigenvalue weighted by molar-refractivity contribution is -0.146. The van der Waals surface area contributed by atoms with Crippen molar-refractivity contribution in [3.8, 4) is 5.75 Å². The van der Waals surface area contributed by atoms with E-state index in [0.717, 1.165) is 0 Å². The zero-order valence-corrected chi connectivity index (χ0v) is 15.4. The summed E-state index contributed by atoms with van der Waals surface area (Å²) < 4.78 is 38.4. The second kappa shape index (κ2) is 7.63. The molecule has 0 radical (unpaired) electrons. The molecule has 0 aliphatic heterocycles. The summed E-state index contributed by atoms with van der Waals surface area (Å²) in [6, 6.07) is 4.65. The van der Waals surface area contributed by atoms with Crippen molar-refractivity contribution in [2.45, 2.75) is 36.6 Å². The van der Waals surface area contributed by atoms with Crippen LogP contribution in [-0.4, -0.2) is 34.6 Å². The van der Waals surface area contributed by atoms with Gasteiger partial charge in [0.1, 0.15) is 10.6 Å². The highest BCUT2D eigenvalue weighted by Gasteiger charge is 2.30. The van der Waals surface area contributed by atoms with Gasteiger partial charge in [0.25, 0.3) is 0 Å². The summed E-state index contributed by atoms with van der Waals surface area (Å²) >= 11 is 3.28. The van der Waals surface area contributed by atoms with Crippen LogP contribution in [0.3, 0.4) is 0 Å². The van der Waals surface area contributed by atoms with Crippen LogP contribution in [0.15, 0.2) is 27.6 Å². The maximum Gasteiger partial charge on any atom is 0.308 e. The van der Waals surface area contributed by atoms with Gasteiger partial charge in [-0.25, -0.2) is 13.1 Å². The van der Waals surface area contributed by atoms with Gasteiger partial charge in [-0.1, -0.05) is 15.9 Å². The van der Waals surface area contributed by atoms with E-state index in [1.165, 1.54) is 20.3 Å². The first-order valence-electron chi connectivity index (χ1n) is 7.31. The third-order valence-corrected chi connectivity index (χ3v) is 6.03. The Hall–Kier alpha value is -1.12. The van der Waals surface area contributed by atoms with Crippen LogP contribution in [0.4, 0.5) is 0 Å². The quantitative estimate of drug-likeness (QED) is 0.760. The molecule has 1 saturated carbocycles. The number of ether oxygens (including phenoxy) is 2. The predicted molar refractivity (Wildman–Crippen MR) is 88.8 cm³/mol. The summed E-state index contributed by atoms with van der Waals surface area (Å²) in [6.07, 6.45) is 2.45. The molecule has 8 heteroatoms. The van der Waals surface area contributed by atoms with Crippen molar-refractivity contribution in [1.29, 1.82) is 0 Å². The number of hydrogen-bond donors (Lipinski definition) is 1. The Balaban J connectivity index is 2.08. The van der Waals surface area contributed by atoms with Crippen LogP contribution in [-0.2, 0) is 19.6 Å². The Kier molecular flexibility index (Phi) is 6.05. The molecule has 6 nitrogen and oxygen atoms in total. The molecule has 23 heavy (non-hydrogen) atoms. The van der Waals surface area contributed by atoms with Crippen molar-refractivity contribution >= 4 is 31.9 Å². The SMILES string of the molecule is COC(=O)C1CCC(NS(=O)(=O)c2cc(Br)ccc2OC)CC1. The van der Waals surface area contributed by atoms with Gasteiger partial charge in [-0.2, -0.15) is 0 Å². The lowest BCUT2D eigenvalue weighted by Crippen LogP contribution is -2.39. The second-order valence-corrected chi connectivity index (χ2v) is 8.09. The molecule has 0 amide bonds. The number of rotatable bonds is 5. The van der Waals surface area contributed by atoms with Crippen molar-refractivity contribution in [3.05, 3.63) is 22.7 Å². The minimum absolute atomic E-state index is 0.101. The number of benzene rings is 1. The molecular weight excluding hydrogens is 386 g/mol. The van der Waals surface area contributed by atoms with Gasteiger partial charge in [-0.15, -0.1) is 0 Å². The number of hydrogen-bond acceptors (Lipinski definition) is 5. The highest BCUT2D eigenvalue weighted by molar-refractivity contribution is 9.10. The summed E-state index contributed by atoms with van der Waals surface area (Å²) in [5.41, 5.74) is 0. The fraction of sp³-hybridized carbons (Fsp3) is 0.533. The Morgan fingerprint density at radius 2 is 1.87 bits per heavy atom. The number of sulfonamides is 1. The maximum absolute atomic E-state index is 12.6. The van der Waals surface area contributed by atoms with E-state index < -0.39 is 10.0 Å². The van der Waals surface area contributed by atoms with Crippen molar-refractivity contribution in [2.75, 3.05) is 14.2 Å². The molecule has 2 rings (SSSR count). The molecule has 0 unspecified atom stereocenters. The van der Waals surface area contributed by atoms with Crippen LogP contribution in [0, 0.1) is 5.92 Å². The number of esters is 1. The van der Waals surface area contributed by atoms with Gasteiger partial charge in [0.2, 0.25) is 10.0 Å². The van der Waals surface area contributed by atoms with E-state index >= 15 is 0 Å². The van der Waals surface area contributed by atoms with E-state index in [4.69, 9.17) is 9.47 Å². The van der Waals surface area contributed by atoms with E-state index in [9.17, 15) is 13.2 Å². The Morgan fingerprint density at radius 3 is 2.43 bits per heavy atom. The van der Waals surface area contributed by atoms with Gasteiger partial charge < -0.3 is 9.47 Å². The van der Waals surface area contributed by atoms with Crippen molar-refractivity contribution < 1.29 is 22.7 Å². The minimum atomic E-state index is -3.69. The third kappa shape index (κ3) is 4.45. The molecule has 0 saturated heterocycles. The smallest absolute Gasteiger partial charge is 0.308 e. The molecule has 1 N–H and O–H groups in total. The Labute approximate surface area is 144 Å². The van der Waals surface area contributed by atoms with Crippen LogP contribution in [0.5, 0.6) is 5.75 Å². The molecule has 1 aromatic rings. The maximum atomic E-state index is 12.6. The first-order chi connectivity index (χ1) is 10.9. The molecular formula is C15H20BrNO5S. The Morgan fingerprint density at radius 1 is 1.22 bits per heavy atom. The fourth-order valence-electron chi connectivity index (χ4n) is 2.76. The van der Waals surface area contributed by atoms with Gasteiger partial charge in [0.05, 0.1) is 20.1 Å². The number of methoxy groups -OCH3 is 2. The largest absolute Gasteiger partial charge is 0.495 e. The standard InChI is InChI=1S/C15H20BrNO5S/c1-21-13-8-5-11(16)9-14(13)23(19,20)17-12-6-3-10(4-7-12)15(18)22-2/h5,8-10,12,17H,3-4,6-7H2,1-2H3. The highest BCUT2D eigenvalue weighted by atomic mass is 79.9.